The van der Waals surface area contributed by atoms with E-state index in [1.807, 2.05) is 0 Å². The molecule has 2 unspecified atom stereocenters. The van der Waals surface area contributed by atoms with Crippen LogP contribution >= 0.6 is 0 Å². The number of hydrogen-bond acceptors (Lipinski definition) is 1. The monoisotopic (exact) mass is 430 g/mol. The molecule has 2 heteroatoms. The number of benzene rings is 3. The van der Waals surface area contributed by atoms with Crippen LogP contribution in [-0.4, -0.2) is 9.38 Å². The average Bonchev–Trinajstić information content (AvgIpc) is 3.37. The van der Waals surface area contributed by atoms with E-state index < -0.39 is 0 Å². The van der Waals surface area contributed by atoms with Gasteiger partial charge in [0.1, 0.15) is 5.65 Å². The van der Waals surface area contributed by atoms with Gasteiger partial charge in [-0.1, -0.05) is 49.7 Å². The Bertz CT molecular complexity index is 1630. The fourth-order valence-corrected chi connectivity index (χ4v) is 7.20. The van der Waals surface area contributed by atoms with Crippen molar-refractivity contribution >= 4 is 27.5 Å². The van der Waals surface area contributed by atoms with E-state index in [1.165, 1.54) is 63.5 Å². The number of rotatable bonds is 1. The van der Waals surface area contributed by atoms with Crippen LogP contribution < -0.4 is 0 Å². The van der Waals surface area contributed by atoms with Gasteiger partial charge in [0, 0.05) is 10.9 Å². The van der Waals surface area contributed by atoms with E-state index in [0.29, 0.717) is 10.8 Å². The van der Waals surface area contributed by atoms with Crippen LogP contribution in [0.2, 0.25) is 0 Å². The third kappa shape index (κ3) is 2.42. The van der Waals surface area contributed by atoms with Crippen LogP contribution in [0.1, 0.15) is 60.9 Å². The van der Waals surface area contributed by atoms with Gasteiger partial charge in [-0.2, -0.15) is 0 Å². The molecule has 33 heavy (non-hydrogen) atoms. The van der Waals surface area contributed by atoms with Crippen molar-refractivity contribution in [3.05, 3.63) is 82.4 Å². The maximum Gasteiger partial charge on any atom is 0.146 e. The van der Waals surface area contributed by atoms with Crippen LogP contribution in [0.5, 0.6) is 0 Å². The molecular formula is C31H30N2. The predicted molar refractivity (Wildman–Crippen MR) is 138 cm³/mol. The standard InChI is InChI=1S/C31H30N2/c1-18-9-10-21-14-27(28-19(2)7-6-8-20(28)3)33-26-16-24-23(30(4)11-12-31(24,5)17-30)15-25(26)32-29(33)22(21)13-18/h6-10,13-16H,11-12,17H2,1-5H3. The molecule has 5 aromatic rings. The molecule has 2 aromatic heterocycles. The van der Waals surface area contributed by atoms with Crippen LogP contribution in [0.25, 0.3) is 38.7 Å². The molecule has 1 saturated carbocycles. The molecule has 2 heterocycles. The number of nitrogens with zero attached hydrogens (tertiary/aromatic N) is 2. The lowest BCUT2D eigenvalue weighted by atomic mass is 9.78. The summed E-state index contributed by atoms with van der Waals surface area (Å²) >= 11 is 0. The number of aryl methyl sites for hydroxylation is 3. The lowest BCUT2D eigenvalue weighted by molar-refractivity contribution is 0.484. The van der Waals surface area contributed by atoms with Crippen LogP contribution in [0, 0.1) is 20.8 Å². The topological polar surface area (TPSA) is 17.3 Å². The fourth-order valence-electron chi connectivity index (χ4n) is 7.20. The molecule has 0 aliphatic heterocycles. The number of imidazole rings is 1. The van der Waals surface area contributed by atoms with Gasteiger partial charge in [-0.25, -0.2) is 4.98 Å². The van der Waals surface area contributed by atoms with Gasteiger partial charge >= 0.3 is 0 Å². The molecular weight excluding hydrogens is 400 g/mol. The lowest BCUT2D eigenvalue weighted by Gasteiger charge is -2.27. The summed E-state index contributed by atoms with van der Waals surface area (Å²) < 4.78 is 2.45. The summed E-state index contributed by atoms with van der Waals surface area (Å²) in [4.78, 5) is 5.31. The minimum Gasteiger partial charge on any atom is -0.292 e. The smallest absolute Gasteiger partial charge is 0.146 e. The Balaban J connectivity index is 1.69. The summed E-state index contributed by atoms with van der Waals surface area (Å²) in [6.45, 7) is 11.6. The van der Waals surface area contributed by atoms with E-state index in [9.17, 15) is 0 Å². The predicted octanol–water partition coefficient (Wildman–Crippen LogP) is 7.95. The SMILES string of the molecule is Cc1ccc2cc(-c3c(C)cccc3C)n3c4cc5c(cc4nc3c2c1)C1(C)CCC5(C)C1. The van der Waals surface area contributed by atoms with Gasteiger partial charge in [0.15, 0.2) is 0 Å². The molecule has 0 radical (unpaired) electrons. The van der Waals surface area contributed by atoms with Crippen molar-refractivity contribution in [3.8, 4) is 11.3 Å². The molecule has 164 valence electrons. The second-order valence-electron chi connectivity index (χ2n) is 11.3. The quantitative estimate of drug-likeness (QED) is 0.264. The van der Waals surface area contributed by atoms with Gasteiger partial charge < -0.3 is 0 Å². The Labute approximate surface area is 195 Å². The van der Waals surface area contributed by atoms with Crippen molar-refractivity contribution in [1.82, 2.24) is 9.38 Å². The summed E-state index contributed by atoms with van der Waals surface area (Å²) in [5.41, 5.74) is 13.6. The highest BCUT2D eigenvalue weighted by atomic mass is 15.0. The van der Waals surface area contributed by atoms with Crippen molar-refractivity contribution in [2.24, 2.45) is 0 Å². The van der Waals surface area contributed by atoms with Crippen molar-refractivity contribution in [1.29, 1.82) is 0 Å². The molecule has 2 aliphatic rings. The number of hydrogen-bond donors (Lipinski definition) is 0. The molecule has 2 bridgehead atoms. The molecule has 0 amide bonds. The molecule has 2 atom stereocenters. The molecule has 2 aliphatic carbocycles. The summed E-state index contributed by atoms with van der Waals surface area (Å²) in [7, 11) is 0. The van der Waals surface area contributed by atoms with Crippen molar-refractivity contribution in [3.63, 3.8) is 0 Å². The van der Waals surface area contributed by atoms with Crippen LogP contribution in [0.3, 0.4) is 0 Å². The average molecular weight is 431 g/mol. The number of fused-ring (bicyclic) bond motifs is 10. The molecule has 3 aromatic carbocycles. The van der Waals surface area contributed by atoms with Gasteiger partial charge in [-0.3, -0.25) is 4.40 Å². The summed E-state index contributed by atoms with van der Waals surface area (Å²) in [6, 6.07) is 20.7. The van der Waals surface area contributed by atoms with Crippen molar-refractivity contribution in [2.75, 3.05) is 0 Å². The zero-order valence-electron chi connectivity index (χ0n) is 20.2. The van der Waals surface area contributed by atoms with Gasteiger partial charge in [-0.05, 0) is 103 Å². The minimum absolute atomic E-state index is 0.300. The lowest BCUT2D eigenvalue weighted by Crippen LogP contribution is -2.17. The first-order valence-corrected chi connectivity index (χ1v) is 12.2. The molecule has 0 saturated heterocycles. The second kappa shape index (κ2) is 6.05. The van der Waals surface area contributed by atoms with Gasteiger partial charge in [0.2, 0.25) is 0 Å². The van der Waals surface area contributed by atoms with E-state index in [1.54, 1.807) is 11.1 Å². The maximum atomic E-state index is 5.31. The zero-order valence-corrected chi connectivity index (χ0v) is 20.2. The molecule has 2 nitrogen and oxygen atoms in total. The first-order valence-electron chi connectivity index (χ1n) is 12.2. The Morgan fingerprint density at radius 1 is 0.818 bits per heavy atom. The second-order valence-corrected chi connectivity index (χ2v) is 11.3. The maximum absolute atomic E-state index is 5.31. The van der Waals surface area contributed by atoms with Crippen molar-refractivity contribution in [2.45, 2.75) is 64.7 Å². The van der Waals surface area contributed by atoms with Gasteiger partial charge in [0.05, 0.1) is 16.7 Å². The minimum atomic E-state index is 0.300. The zero-order chi connectivity index (χ0) is 22.7. The highest BCUT2D eigenvalue weighted by Gasteiger charge is 2.53. The van der Waals surface area contributed by atoms with E-state index in [-0.39, 0.29) is 0 Å². The number of pyridine rings is 1. The highest BCUT2D eigenvalue weighted by molar-refractivity contribution is 6.02. The van der Waals surface area contributed by atoms with E-state index >= 15 is 0 Å². The van der Waals surface area contributed by atoms with Crippen LogP contribution in [-0.2, 0) is 10.8 Å². The fraction of sp³-hybridized carbons (Fsp3) is 0.323. The Kier molecular flexibility index (Phi) is 3.55. The third-order valence-electron chi connectivity index (χ3n) is 8.82. The van der Waals surface area contributed by atoms with E-state index in [2.05, 4.69) is 93.6 Å². The van der Waals surface area contributed by atoms with Crippen LogP contribution in [0.15, 0.2) is 54.6 Å². The molecule has 0 N–H and O–H groups in total. The van der Waals surface area contributed by atoms with Gasteiger partial charge in [-0.15, -0.1) is 0 Å². The normalized spacial score (nSPS) is 23.8. The molecule has 1 fully saturated rings. The highest BCUT2D eigenvalue weighted by Crippen LogP contribution is 2.61. The van der Waals surface area contributed by atoms with Crippen LogP contribution in [0.4, 0.5) is 0 Å². The summed E-state index contributed by atoms with van der Waals surface area (Å²) in [5.74, 6) is 0. The summed E-state index contributed by atoms with van der Waals surface area (Å²) in [5, 5.41) is 2.49. The first-order chi connectivity index (χ1) is 15.8. The van der Waals surface area contributed by atoms with E-state index in [4.69, 9.17) is 4.98 Å². The van der Waals surface area contributed by atoms with Gasteiger partial charge in [0.25, 0.3) is 0 Å². The van der Waals surface area contributed by atoms with E-state index in [0.717, 1.165) is 11.2 Å². The Morgan fingerprint density at radius 3 is 2.24 bits per heavy atom. The number of aromatic nitrogens is 2. The Morgan fingerprint density at radius 2 is 1.52 bits per heavy atom. The molecule has 0 spiro atoms. The Hall–Kier alpha value is -3.13. The third-order valence-corrected chi connectivity index (χ3v) is 8.82. The molecule has 7 rings (SSSR count). The largest absolute Gasteiger partial charge is 0.292 e. The first kappa shape index (κ1) is 19.3. The summed E-state index contributed by atoms with van der Waals surface area (Å²) in [6.07, 6.45) is 3.87. The van der Waals surface area contributed by atoms with Crippen molar-refractivity contribution < 1.29 is 0 Å².